The first-order valence-corrected chi connectivity index (χ1v) is 9.22. The summed E-state index contributed by atoms with van der Waals surface area (Å²) in [7, 11) is 0. The van der Waals surface area contributed by atoms with Crippen LogP contribution in [0, 0.1) is 28.6 Å². The number of carboxylic acid groups (broad SMARTS) is 1. The van der Waals surface area contributed by atoms with Gasteiger partial charge in [-0.2, -0.15) is 0 Å². The number of aliphatic hydroxyl groups is 1. The van der Waals surface area contributed by atoms with Crippen LogP contribution in [0.15, 0.2) is 11.6 Å². The van der Waals surface area contributed by atoms with Crippen LogP contribution in [0.1, 0.15) is 66.2 Å². The second-order valence-corrected chi connectivity index (χ2v) is 8.63. The van der Waals surface area contributed by atoms with E-state index in [2.05, 4.69) is 13.8 Å². The van der Waals surface area contributed by atoms with Crippen molar-refractivity contribution < 1.29 is 19.8 Å². The van der Waals surface area contributed by atoms with Gasteiger partial charge in [0.15, 0.2) is 5.78 Å². The molecule has 1 fully saturated rings. The number of allylic oxidation sites excluding steroid dienone is 1. The van der Waals surface area contributed by atoms with Crippen LogP contribution in [0.25, 0.3) is 0 Å². The molecule has 0 unspecified atom stereocenters. The molecular weight excluding hydrogens is 304 g/mol. The second kappa shape index (κ2) is 6.99. The van der Waals surface area contributed by atoms with E-state index in [-0.39, 0.29) is 41.5 Å². The van der Waals surface area contributed by atoms with Gasteiger partial charge in [-0.3, -0.25) is 9.59 Å². The molecule has 24 heavy (non-hydrogen) atoms. The van der Waals surface area contributed by atoms with Crippen molar-refractivity contribution in [3.63, 3.8) is 0 Å². The lowest BCUT2D eigenvalue weighted by molar-refractivity contribution is -0.138. The van der Waals surface area contributed by atoms with E-state index in [1.807, 2.05) is 19.9 Å². The van der Waals surface area contributed by atoms with Gasteiger partial charge in [-0.1, -0.05) is 39.7 Å². The predicted octanol–water partition coefficient (Wildman–Crippen LogP) is 3.83. The summed E-state index contributed by atoms with van der Waals surface area (Å²) in [6.07, 6.45) is 6.73. The Hall–Kier alpha value is -1.16. The summed E-state index contributed by atoms with van der Waals surface area (Å²) in [6.45, 7) is 8.35. The fraction of sp³-hybridized carbons (Fsp3) is 0.800. The zero-order valence-corrected chi connectivity index (χ0v) is 15.5. The molecule has 2 aliphatic carbocycles. The Bertz CT molecular complexity index is 538. The number of carbonyl (C=O) groups is 2. The van der Waals surface area contributed by atoms with Crippen LogP contribution in [-0.4, -0.2) is 28.6 Å². The summed E-state index contributed by atoms with van der Waals surface area (Å²) >= 11 is 0. The van der Waals surface area contributed by atoms with Crippen molar-refractivity contribution in [2.45, 2.75) is 66.2 Å². The number of fused-ring (bicyclic) bond motifs is 1. The number of aliphatic carboxylic acids is 1. The third-order valence-electron chi connectivity index (χ3n) is 6.85. The molecule has 4 heteroatoms. The van der Waals surface area contributed by atoms with Gasteiger partial charge in [0.1, 0.15) is 0 Å². The Morgan fingerprint density at radius 3 is 2.67 bits per heavy atom. The molecule has 2 aliphatic rings. The van der Waals surface area contributed by atoms with Gasteiger partial charge in [0.05, 0.1) is 6.61 Å². The molecule has 0 radical (unpaired) electrons. The number of carbonyl (C=O) groups excluding carboxylic acids is 1. The maximum Gasteiger partial charge on any atom is 0.303 e. The van der Waals surface area contributed by atoms with Crippen LogP contribution in [0.2, 0.25) is 0 Å². The van der Waals surface area contributed by atoms with E-state index in [1.54, 1.807) is 0 Å². The summed E-state index contributed by atoms with van der Waals surface area (Å²) in [4.78, 5) is 23.6. The molecule has 0 aromatic rings. The van der Waals surface area contributed by atoms with Crippen LogP contribution >= 0.6 is 0 Å². The fourth-order valence-electron chi connectivity index (χ4n) is 4.80. The van der Waals surface area contributed by atoms with E-state index < -0.39 is 5.97 Å². The molecule has 136 valence electrons. The van der Waals surface area contributed by atoms with Gasteiger partial charge in [-0.25, -0.2) is 0 Å². The fourth-order valence-corrected chi connectivity index (χ4v) is 4.80. The summed E-state index contributed by atoms with van der Waals surface area (Å²) < 4.78 is 0. The van der Waals surface area contributed by atoms with Crippen LogP contribution < -0.4 is 0 Å². The first-order valence-electron chi connectivity index (χ1n) is 9.22. The Labute approximate surface area is 145 Å². The van der Waals surface area contributed by atoms with Crippen LogP contribution in [-0.2, 0) is 9.59 Å². The minimum atomic E-state index is -0.758. The van der Waals surface area contributed by atoms with Crippen molar-refractivity contribution in [1.82, 2.24) is 0 Å². The Morgan fingerprint density at radius 2 is 2.08 bits per heavy atom. The maximum absolute atomic E-state index is 12.6. The minimum absolute atomic E-state index is 0.0516. The molecule has 0 aliphatic heterocycles. The highest BCUT2D eigenvalue weighted by atomic mass is 16.4. The summed E-state index contributed by atoms with van der Waals surface area (Å²) in [6, 6.07) is 0. The first-order chi connectivity index (χ1) is 11.1. The van der Waals surface area contributed by atoms with Gasteiger partial charge in [-0.05, 0) is 49.0 Å². The third-order valence-corrected chi connectivity index (χ3v) is 6.85. The molecular formula is C20H32O4. The number of hydrogen-bond donors (Lipinski definition) is 2. The number of rotatable bonds is 6. The van der Waals surface area contributed by atoms with E-state index in [0.29, 0.717) is 5.92 Å². The Morgan fingerprint density at radius 1 is 1.42 bits per heavy atom. The van der Waals surface area contributed by atoms with Gasteiger partial charge < -0.3 is 10.2 Å². The molecule has 4 nitrogen and oxygen atoms in total. The van der Waals surface area contributed by atoms with Crippen molar-refractivity contribution in [3.05, 3.63) is 11.6 Å². The van der Waals surface area contributed by atoms with Crippen molar-refractivity contribution >= 4 is 11.8 Å². The van der Waals surface area contributed by atoms with Gasteiger partial charge >= 0.3 is 5.97 Å². The molecule has 0 aromatic heterocycles. The van der Waals surface area contributed by atoms with E-state index in [4.69, 9.17) is 5.11 Å². The molecule has 0 saturated heterocycles. The molecule has 1 saturated carbocycles. The summed E-state index contributed by atoms with van der Waals surface area (Å²) in [5.41, 5.74) is 0.699. The molecule has 0 bridgehead atoms. The Kier molecular flexibility index (Phi) is 5.58. The van der Waals surface area contributed by atoms with E-state index in [1.165, 1.54) is 0 Å². The highest BCUT2D eigenvalue weighted by molar-refractivity contribution is 5.94. The average Bonchev–Trinajstić information content (AvgIpc) is 2.52. The number of carboxylic acids is 1. The van der Waals surface area contributed by atoms with Crippen molar-refractivity contribution in [3.8, 4) is 0 Å². The molecule has 2 rings (SSSR count). The van der Waals surface area contributed by atoms with E-state index in [0.717, 1.165) is 37.7 Å². The quantitative estimate of drug-likeness (QED) is 0.773. The number of aliphatic hydroxyl groups excluding tert-OH is 1. The minimum Gasteiger partial charge on any atom is -0.481 e. The summed E-state index contributed by atoms with van der Waals surface area (Å²) in [5.74, 6) is -0.219. The maximum atomic E-state index is 12.6. The Balaban J connectivity index is 2.26. The van der Waals surface area contributed by atoms with Gasteiger partial charge in [-0.15, -0.1) is 0 Å². The van der Waals surface area contributed by atoms with Crippen LogP contribution in [0.5, 0.6) is 0 Å². The zero-order chi connectivity index (χ0) is 18.1. The smallest absolute Gasteiger partial charge is 0.303 e. The SMILES string of the molecule is C[C@H](CC[C@@]1(C)[C@@H]2CCC[C@@](C)(CO)C2=CC(=O)[C@@H]1C)CC(=O)O. The van der Waals surface area contributed by atoms with Gasteiger partial charge in [0.25, 0.3) is 0 Å². The number of ketones is 1. The predicted molar refractivity (Wildman–Crippen MR) is 93.5 cm³/mol. The standard InChI is InChI=1S/C20H32O4/c1-13(10-18(23)24)7-9-20(4)14(2)17(22)11-16-15(20)6-5-8-19(16,3)12-21/h11,13-15,21H,5-10,12H2,1-4H3,(H,23,24)/t13-,14+,15-,19+,20-/m1/s1. The molecule has 0 amide bonds. The summed E-state index contributed by atoms with van der Waals surface area (Å²) in [5, 5.41) is 18.9. The van der Waals surface area contributed by atoms with Gasteiger partial charge in [0, 0.05) is 17.8 Å². The highest BCUT2D eigenvalue weighted by Crippen LogP contribution is 2.57. The van der Waals surface area contributed by atoms with Crippen LogP contribution in [0.3, 0.4) is 0 Å². The average molecular weight is 336 g/mol. The monoisotopic (exact) mass is 336 g/mol. The third kappa shape index (κ3) is 3.44. The lowest BCUT2D eigenvalue weighted by Gasteiger charge is -2.53. The van der Waals surface area contributed by atoms with E-state index >= 15 is 0 Å². The molecule has 0 heterocycles. The van der Waals surface area contributed by atoms with Gasteiger partial charge in [0.2, 0.25) is 0 Å². The second-order valence-electron chi connectivity index (χ2n) is 8.63. The molecule has 2 N–H and O–H groups in total. The first kappa shape index (κ1) is 19.2. The highest BCUT2D eigenvalue weighted by Gasteiger charge is 2.51. The van der Waals surface area contributed by atoms with Crippen molar-refractivity contribution in [1.29, 1.82) is 0 Å². The largest absolute Gasteiger partial charge is 0.481 e. The molecule has 0 aromatic carbocycles. The zero-order valence-electron chi connectivity index (χ0n) is 15.5. The topological polar surface area (TPSA) is 74.6 Å². The van der Waals surface area contributed by atoms with Crippen molar-refractivity contribution in [2.75, 3.05) is 6.61 Å². The lowest BCUT2D eigenvalue weighted by atomic mass is 9.51. The van der Waals surface area contributed by atoms with Crippen molar-refractivity contribution in [2.24, 2.45) is 28.6 Å². The molecule has 0 spiro atoms. The van der Waals surface area contributed by atoms with E-state index in [9.17, 15) is 14.7 Å². The van der Waals surface area contributed by atoms with Crippen LogP contribution in [0.4, 0.5) is 0 Å². The lowest BCUT2D eigenvalue weighted by Crippen LogP contribution is -2.48. The normalized spacial score (nSPS) is 37.5. The molecule has 5 atom stereocenters. The number of hydrogen-bond acceptors (Lipinski definition) is 3.